The highest BCUT2D eigenvalue weighted by Crippen LogP contribution is 2.40. The number of carbonyl (C=O) groups is 1. The molecule has 13 heteroatoms. The number of amides is 1. The van der Waals surface area contributed by atoms with Crippen molar-refractivity contribution in [3.63, 3.8) is 0 Å². The number of rotatable bonds is 6. The highest BCUT2D eigenvalue weighted by Gasteiger charge is 2.41. The predicted molar refractivity (Wildman–Crippen MR) is 142 cm³/mol. The molecule has 3 atom stereocenters. The minimum atomic E-state index is -4.51. The van der Waals surface area contributed by atoms with Crippen molar-refractivity contribution in [2.45, 2.75) is 38.1 Å². The standard InChI is InChI=1S/C27H25ClF3N5O4/c1-15(39-2)7-22(26(38)34-19-5-6-36-24(10-19)32-14-33-36)35-12-23-21(11-25(35)37)20-9-18(28)4-3-16(20)8-17(13-40-23)27(29,30)31/h3-6,9-12,14-15,17,22H,7-8,13H2,1-2H3,(H,34,38)/t15-,17+,22-/m0/s1. The number of alkyl halides is 3. The SMILES string of the molecule is CO[C@@H](C)C[C@@H](C(=O)Nc1ccn2ncnc2c1)n1cc2c(cc1=O)-c1cc(Cl)ccc1C[C@@H](C(F)(F)F)CO2. The molecule has 0 saturated carbocycles. The van der Waals surface area contributed by atoms with Gasteiger partial charge in [0.1, 0.15) is 24.7 Å². The van der Waals surface area contributed by atoms with Crippen LogP contribution in [0.25, 0.3) is 16.8 Å². The van der Waals surface area contributed by atoms with Gasteiger partial charge in [-0.1, -0.05) is 17.7 Å². The van der Waals surface area contributed by atoms with E-state index in [1.165, 1.54) is 48.4 Å². The lowest BCUT2D eigenvalue weighted by Gasteiger charge is -2.28. The summed E-state index contributed by atoms with van der Waals surface area (Å²) >= 11 is 6.18. The molecule has 0 aliphatic carbocycles. The van der Waals surface area contributed by atoms with Crippen LogP contribution in [0.1, 0.15) is 24.9 Å². The number of hydrogen-bond acceptors (Lipinski definition) is 6. The van der Waals surface area contributed by atoms with Crippen molar-refractivity contribution in [1.29, 1.82) is 0 Å². The normalized spacial score (nSPS) is 16.7. The minimum absolute atomic E-state index is 0.0322. The molecular formula is C27H25ClF3N5O4. The molecule has 1 amide bonds. The third-order valence-corrected chi connectivity index (χ3v) is 7.15. The summed E-state index contributed by atoms with van der Waals surface area (Å²) in [5, 5.41) is 7.11. The van der Waals surface area contributed by atoms with Gasteiger partial charge in [0.15, 0.2) is 5.65 Å². The summed E-state index contributed by atoms with van der Waals surface area (Å²) in [7, 11) is 1.48. The molecule has 0 saturated heterocycles. The molecule has 5 rings (SSSR count). The number of anilines is 1. The van der Waals surface area contributed by atoms with Gasteiger partial charge in [-0.25, -0.2) is 9.50 Å². The lowest BCUT2D eigenvalue weighted by atomic mass is 9.91. The molecular weight excluding hydrogens is 551 g/mol. The van der Waals surface area contributed by atoms with Crippen LogP contribution in [0.15, 0.2) is 59.9 Å². The Morgan fingerprint density at radius 1 is 1.25 bits per heavy atom. The number of benzene rings is 1. The zero-order valence-electron chi connectivity index (χ0n) is 21.5. The number of hydrogen-bond donors (Lipinski definition) is 1. The van der Waals surface area contributed by atoms with E-state index in [4.69, 9.17) is 21.1 Å². The molecule has 0 radical (unpaired) electrons. The molecule has 1 N–H and O–H groups in total. The quantitative estimate of drug-likeness (QED) is 0.350. The number of aromatic nitrogens is 4. The zero-order chi connectivity index (χ0) is 28.6. The van der Waals surface area contributed by atoms with Crippen molar-refractivity contribution in [3.05, 3.63) is 76.1 Å². The number of nitrogens with one attached hydrogen (secondary N) is 1. The van der Waals surface area contributed by atoms with Gasteiger partial charge in [-0.3, -0.25) is 14.2 Å². The molecule has 0 spiro atoms. The average molecular weight is 576 g/mol. The Morgan fingerprint density at radius 3 is 2.80 bits per heavy atom. The lowest BCUT2D eigenvalue weighted by Crippen LogP contribution is -2.36. The van der Waals surface area contributed by atoms with E-state index >= 15 is 0 Å². The van der Waals surface area contributed by atoms with Gasteiger partial charge < -0.3 is 14.8 Å². The highest BCUT2D eigenvalue weighted by molar-refractivity contribution is 6.30. The van der Waals surface area contributed by atoms with Crippen LogP contribution in [0.4, 0.5) is 18.9 Å². The Balaban J connectivity index is 1.57. The van der Waals surface area contributed by atoms with Crippen molar-refractivity contribution in [1.82, 2.24) is 19.2 Å². The maximum Gasteiger partial charge on any atom is 0.395 e. The second-order valence-corrected chi connectivity index (χ2v) is 10.1. The smallest absolute Gasteiger partial charge is 0.395 e. The zero-order valence-corrected chi connectivity index (χ0v) is 22.2. The van der Waals surface area contributed by atoms with Gasteiger partial charge >= 0.3 is 6.18 Å². The summed E-state index contributed by atoms with van der Waals surface area (Å²) in [6, 6.07) is 7.98. The summed E-state index contributed by atoms with van der Waals surface area (Å²) in [5.74, 6) is -2.28. The van der Waals surface area contributed by atoms with Crippen LogP contribution in [0.5, 0.6) is 5.75 Å². The number of carbonyl (C=O) groups excluding carboxylic acids is 1. The van der Waals surface area contributed by atoms with E-state index in [9.17, 15) is 22.8 Å². The van der Waals surface area contributed by atoms with Crippen LogP contribution >= 0.6 is 11.6 Å². The summed E-state index contributed by atoms with van der Waals surface area (Å²) in [6.07, 6.45) is -0.891. The minimum Gasteiger partial charge on any atom is -0.491 e. The van der Waals surface area contributed by atoms with Gasteiger partial charge in [0, 0.05) is 48.1 Å². The molecule has 9 nitrogen and oxygen atoms in total. The van der Waals surface area contributed by atoms with Crippen molar-refractivity contribution in [2.24, 2.45) is 5.92 Å². The molecule has 3 aromatic heterocycles. The molecule has 0 bridgehead atoms. The fourth-order valence-electron chi connectivity index (χ4n) is 4.68. The largest absolute Gasteiger partial charge is 0.491 e. The topological polar surface area (TPSA) is 99.7 Å². The first-order chi connectivity index (χ1) is 19.0. The number of ether oxygens (including phenoxy) is 2. The lowest BCUT2D eigenvalue weighted by molar-refractivity contribution is -0.181. The van der Waals surface area contributed by atoms with E-state index in [2.05, 4.69) is 15.4 Å². The number of methoxy groups -OCH3 is 1. The number of fused-ring (bicyclic) bond motifs is 4. The van der Waals surface area contributed by atoms with Crippen molar-refractivity contribution < 1.29 is 27.4 Å². The second kappa shape index (κ2) is 10.9. The Morgan fingerprint density at radius 2 is 2.05 bits per heavy atom. The first-order valence-electron chi connectivity index (χ1n) is 12.4. The molecule has 40 heavy (non-hydrogen) atoms. The number of nitrogens with zero attached hydrogens (tertiary/aromatic N) is 4. The van der Waals surface area contributed by atoms with Crippen LogP contribution in [-0.4, -0.2) is 51.1 Å². The molecule has 0 fully saturated rings. The summed E-state index contributed by atoms with van der Waals surface area (Å²) < 4.78 is 55.1. The van der Waals surface area contributed by atoms with Crippen LogP contribution in [-0.2, 0) is 16.0 Å². The van der Waals surface area contributed by atoms with Crippen molar-refractivity contribution >= 4 is 28.8 Å². The van der Waals surface area contributed by atoms with Gasteiger partial charge in [-0.2, -0.15) is 18.3 Å². The van der Waals surface area contributed by atoms with Gasteiger partial charge in [-0.05, 0) is 42.7 Å². The Kier molecular flexibility index (Phi) is 7.56. The maximum atomic E-state index is 13.8. The summed E-state index contributed by atoms with van der Waals surface area (Å²) in [5.41, 5.74) is 1.44. The fourth-order valence-corrected chi connectivity index (χ4v) is 4.85. The Labute approximate surface area is 231 Å². The third kappa shape index (κ3) is 5.68. The first-order valence-corrected chi connectivity index (χ1v) is 12.8. The number of pyridine rings is 2. The van der Waals surface area contributed by atoms with Crippen LogP contribution in [0, 0.1) is 5.92 Å². The van der Waals surface area contributed by atoms with E-state index in [1.807, 2.05) is 0 Å². The maximum absolute atomic E-state index is 13.8. The summed E-state index contributed by atoms with van der Waals surface area (Å²) in [4.78, 5) is 31.1. The van der Waals surface area contributed by atoms with Crippen molar-refractivity contribution in [2.75, 3.05) is 19.0 Å². The highest BCUT2D eigenvalue weighted by atomic mass is 35.5. The van der Waals surface area contributed by atoms with E-state index < -0.39 is 42.3 Å². The fraction of sp³-hybridized carbons (Fsp3) is 0.333. The molecule has 4 heterocycles. The predicted octanol–water partition coefficient (Wildman–Crippen LogP) is 4.93. The van der Waals surface area contributed by atoms with E-state index in [-0.39, 0.29) is 18.6 Å². The van der Waals surface area contributed by atoms with E-state index in [0.717, 1.165) is 4.57 Å². The summed E-state index contributed by atoms with van der Waals surface area (Å²) in [6.45, 7) is 1.09. The van der Waals surface area contributed by atoms with Crippen LogP contribution in [0.2, 0.25) is 5.02 Å². The number of halogens is 4. The van der Waals surface area contributed by atoms with Crippen LogP contribution < -0.4 is 15.6 Å². The average Bonchev–Trinajstić information content (AvgIpc) is 3.37. The van der Waals surface area contributed by atoms with Gasteiger partial charge in [0.05, 0.1) is 18.2 Å². The monoisotopic (exact) mass is 575 g/mol. The molecule has 1 aromatic carbocycles. The second-order valence-electron chi connectivity index (χ2n) is 9.62. The van der Waals surface area contributed by atoms with E-state index in [0.29, 0.717) is 33.0 Å². The molecule has 4 aromatic rings. The van der Waals surface area contributed by atoms with Gasteiger partial charge in [0.2, 0.25) is 5.91 Å². The Hall–Kier alpha value is -3.90. The molecule has 1 aliphatic heterocycles. The van der Waals surface area contributed by atoms with Crippen LogP contribution in [0.3, 0.4) is 0 Å². The Bertz CT molecular complexity index is 1620. The van der Waals surface area contributed by atoms with Gasteiger partial charge in [0.25, 0.3) is 5.56 Å². The van der Waals surface area contributed by atoms with Crippen molar-refractivity contribution in [3.8, 4) is 16.9 Å². The molecule has 0 unspecified atom stereocenters. The molecule has 210 valence electrons. The third-order valence-electron chi connectivity index (χ3n) is 6.92. The van der Waals surface area contributed by atoms with Gasteiger partial charge in [-0.15, -0.1) is 0 Å². The molecule has 1 aliphatic rings. The first kappa shape index (κ1) is 27.7. The van der Waals surface area contributed by atoms with E-state index in [1.54, 1.807) is 25.3 Å².